The monoisotopic (exact) mass is 388 g/mol. The van der Waals surface area contributed by atoms with E-state index in [9.17, 15) is 30.3 Å². The minimum absolute atomic E-state index is 0.125. The van der Waals surface area contributed by atoms with Crippen LogP contribution in [0.1, 0.15) is 52.4 Å². The molecule has 1 amide bonds. The van der Waals surface area contributed by atoms with Crippen LogP contribution in [0, 0.1) is 0 Å². The Kier molecular flexibility index (Phi) is 11.1. The van der Waals surface area contributed by atoms with Crippen molar-refractivity contribution in [2.45, 2.75) is 95.0 Å². The lowest BCUT2D eigenvalue weighted by molar-refractivity contribution is -0.123. The Morgan fingerprint density at radius 1 is 1.19 bits per heavy atom. The SMILES string of the molecule is CCCC(=O)NC(CNC1/C=C\CCC(O)C(O)C1O)C(O)CC(O)CC. The molecule has 0 aliphatic heterocycles. The Hall–Kier alpha value is -1.03. The molecule has 0 aromatic rings. The number of carbonyl (C=O) groups excluding carboxylic acids is 1. The molecule has 1 aliphatic rings. The molecule has 7 N–H and O–H groups in total. The van der Waals surface area contributed by atoms with Gasteiger partial charge in [0.1, 0.15) is 12.2 Å². The van der Waals surface area contributed by atoms with Crippen molar-refractivity contribution in [1.82, 2.24) is 10.6 Å². The second-order valence-corrected chi connectivity index (χ2v) is 7.28. The molecule has 8 nitrogen and oxygen atoms in total. The van der Waals surface area contributed by atoms with Crippen molar-refractivity contribution < 1.29 is 30.3 Å². The minimum atomic E-state index is -1.28. The fourth-order valence-corrected chi connectivity index (χ4v) is 3.09. The Morgan fingerprint density at radius 2 is 1.89 bits per heavy atom. The number of hydrogen-bond acceptors (Lipinski definition) is 7. The summed E-state index contributed by atoms with van der Waals surface area (Å²) in [7, 11) is 0. The van der Waals surface area contributed by atoms with E-state index in [0.29, 0.717) is 32.1 Å². The van der Waals surface area contributed by atoms with Crippen LogP contribution in [0.4, 0.5) is 0 Å². The maximum atomic E-state index is 12.0. The van der Waals surface area contributed by atoms with Gasteiger partial charge in [-0.1, -0.05) is 26.0 Å². The summed E-state index contributed by atoms with van der Waals surface area (Å²) in [5.41, 5.74) is 0. The van der Waals surface area contributed by atoms with E-state index < -0.39 is 42.6 Å². The van der Waals surface area contributed by atoms with Gasteiger partial charge >= 0.3 is 0 Å². The molecule has 1 rings (SSSR count). The summed E-state index contributed by atoms with van der Waals surface area (Å²) in [6, 6.07) is -1.29. The molecule has 0 saturated carbocycles. The molecule has 1 aliphatic carbocycles. The molecule has 0 fully saturated rings. The van der Waals surface area contributed by atoms with Crippen LogP contribution in [0.2, 0.25) is 0 Å². The molecule has 0 bridgehead atoms. The van der Waals surface area contributed by atoms with Crippen LogP contribution in [-0.4, -0.2) is 80.6 Å². The second kappa shape index (κ2) is 12.4. The molecule has 7 unspecified atom stereocenters. The maximum Gasteiger partial charge on any atom is 0.220 e. The normalized spacial score (nSPS) is 30.6. The van der Waals surface area contributed by atoms with Gasteiger partial charge in [-0.15, -0.1) is 0 Å². The van der Waals surface area contributed by atoms with E-state index in [4.69, 9.17) is 0 Å². The molecule has 7 atom stereocenters. The molecule has 0 radical (unpaired) electrons. The summed E-state index contributed by atoms with van der Waals surface area (Å²) in [4.78, 5) is 12.0. The van der Waals surface area contributed by atoms with E-state index in [2.05, 4.69) is 10.6 Å². The number of hydrogen-bond donors (Lipinski definition) is 7. The number of carbonyl (C=O) groups is 1. The van der Waals surface area contributed by atoms with Gasteiger partial charge in [0.2, 0.25) is 5.91 Å². The predicted octanol–water partition coefficient (Wildman–Crippen LogP) is -0.816. The molecule has 0 saturated heterocycles. The first kappa shape index (κ1) is 24.0. The summed E-state index contributed by atoms with van der Waals surface area (Å²) in [6.07, 6.45) is 0.950. The van der Waals surface area contributed by atoms with Crippen LogP contribution in [0.3, 0.4) is 0 Å². The van der Waals surface area contributed by atoms with E-state index in [1.807, 2.05) is 19.9 Å². The van der Waals surface area contributed by atoms with E-state index in [0.717, 1.165) is 0 Å². The minimum Gasteiger partial charge on any atom is -0.393 e. The first-order valence-corrected chi connectivity index (χ1v) is 9.89. The summed E-state index contributed by atoms with van der Waals surface area (Å²) in [6.45, 7) is 3.83. The zero-order valence-corrected chi connectivity index (χ0v) is 16.3. The molecule has 0 heterocycles. The molecule has 27 heavy (non-hydrogen) atoms. The number of nitrogens with one attached hydrogen (secondary N) is 2. The molecule has 158 valence electrons. The predicted molar refractivity (Wildman–Crippen MR) is 102 cm³/mol. The highest BCUT2D eigenvalue weighted by Gasteiger charge is 2.32. The summed E-state index contributed by atoms with van der Waals surface area (Å²) < 4.78 is 0. The van der Waals surface area contributed by atoms with Crippen molar-refractivity contribution in [3.63, 3.8) is 0 Å². The van der Waals surface area contributed by atoms with Gasteiger partial charge in [-0.3, -0.25) is 4.79 Å². The molecular formula is C19H36N2O6. The van der Waals surface area contributed by atoms with Crippen molar-refractivity contribution >= 4 is 5.91 Å². The Bertz CT molecular complexity index is 461. The third-order valence-electron chi connectivity index (χ3n) is 4.93. The molecule has 0 aromatic heterocycles. The third-order valence-corrected chi connectivity index (χ3v) is 4.93. The first-order chi connectivity index (χ1) is 12.8. The Labute approximate surface area is 161 Å². The highest BCUT2D eigenvalue weighted by atomic mass is 16.4. The zero-order valence-electron chi connectivity index (χ0n) is 16.3. The molecular weight excluding hydrogens is 352 g/mol. The van der Waals surface area contributed by atoms with Crippen molar-refractivity contribution in [2.24, 2.45) is 0 Å². The lowest BCUT2D eigenvalue weighted by atomic mass is 9.94. The largest absolute Gasteiger partial charge is 0.393 e. The van der Waals surface area contributed by atoms with Crippen LogP contribution >= 0.6 is 0 Å². The van der Waals surface area contributed by atoms with Crippen LogP contribution in [0.25, 0.3) is 0 Å². The number of aliphatic hydroxyl groups is 5. The van der Waals surface area contributed by atoms with Gasteiger partial charge in [-0.25, -0.2) is 0 Å². The molecule has 8 heteroatoms. The smallest absolute Gasteiger partial charge is 0.220 e. The van der Waals surface area contributed by atoms with Crippen LogP contribution in [0.5, 0.6) is 0 Å². The van der Waals surface area contributed by atoms with Crippen molar-refractivity contribution in [2.75, 3.05) is 6.54 Å². The number of allylic oxidation sites excluding steroid dienone is 1. The summed E-state index contributed by atoms with van der Waals surface area (Å²) >= 11 is 0. The van der Waals surface area contributed by atoms with Gasteiger partial charge in [0.05, 0.1) is 30.4 Å². The van der Waals surface area contributed by atoms with Crippen molar-refractivity contribution in [3.8, 4) is 0 Å². The standard InChI is InChI=1S/C19H36N2O6/c1-3-7-17(25)21-14(16(24)10-12(22)4-2)11-20-13-8-5-6-9-15(23)19(27)18(13)26/h5,8,12-16,18-20,22-24,26-27H,3-4,6-7,9-11H2,1-2H3,(H,21,25)/b8-5-. The zero-order chi connectivity index (χ0) is 20.4. The van der Waals surface area contributed by atoms with Gasteiger partial charge in [0.15, 0.2) is 0 Å². The fraction of sp³-hybridized carbons (Fsp3) is 0.842. The number of rotatable bonds is 10. The van der Waals surface area contributed by atoms with Crippen molar-refractivity contribution in [1.29, 1.82) is 0 Å². The quantitative estimate of drug-likeness (QED) is 0.243. The lowest BCUT2D eigenvalue weighted by Gasteiger charge is -2.32. The van der Waals surface area contributed by atoms with Crippen LogP contribution < -0.4 is 10.6 Å². The highest BCUT2D eigenvalue weighted by Crippen LogP contribution is 2.15. The van der Waals surface area contributed by atoms with Crippen LogP contribution in [-0.2, 0) is 4.79 Å². The fourth-order valence-electron chi connectivity index (χ4n) is 3.09. The topological polar surface area (TPSA) is 142 Å². The average Bonchev–Trinajstić information content (AvgIpc) is 2.64. The third kappa shape index (κ3) is 8.25. The summed E-state index contributed by atoms with van der Waals surface area (Å²) in [5, 5.41) is 56.2. The van der Waals surface area contributed by atoms with Crippen LogP contribution in [0.15, 0.2) is 12.2 Å². The molecule has 0 aromatic carbocycles. The first-order valence-electron chi connectivity index (χ1n) is 9.89. The van der Waals surface area contributed by atoms with Gasteiger partial charge in [-0.05, 0) is 25.7 Å². The van der Waals surface area contributed by atoms with E-state index in [1.54, 1.807) is 6.08 Å². The van der Waals surface area contributed by atoms with E-state index >= 15 is 0 Å². The summed E-state index contributed by atoms with van der Waals surface area (Å²) in [5.74, 6) is -0.196. The van der Waals surface area contributed by atoms with E-state index in [-0.39, 0.29) is 18.9 Å². The maximum absolute atomic E-state index is 12.0. The number of amides is 1. The van der Waals surface area contributed by atoms with Gasteiger partial charge in [0.25, 0.3) is 0 Å². The van der Waals surface area contributed by atoms with Crippen molar-refractivity contribution in [3.05, 3.63) is 12.2 Å². The van der Waals surface area contributed by atoms with Gasteiger partial charge in [0, 0.05) is 19.4 Å². The van der Waals surface area contributed by atoms with E-state index in [1.165, 1.54) is 0 Å². The lowest BCUT2D eigenvalue weighted by Crippen LogP contribution is -2.56. The van der Waals surface area contributed by atoms with Gasteiger partial charge in [-0.2, -0.15) is 0 Å². The molecule has 0 spiro atoms. The highest BCUT2D eigenvalue weighted by molar-refractivity contribution is 5.76. The average molecular weight is 389 g/mol. The van der Waals surface area contributed by atoms with Gasteiger partial charge < -0.3 is 36.2 Å². The second-order valence-electron chi connectivity index (χ2n) is 7.28. The Morgan fingerprint density at radius 3 is 2.52 bits per heavy atom. The number of aliphatic hydroxyl groups excluding tert-OH is 5. The Balaban J connectivity index is 2.77.